The van der Waals surface area contributed by atoms with Gasteiger partial charge in [0.15, 0.2) is 0 Å². The van der Waals surface area contributed by atoms with Crippen LogP contribution >= 0.6 is 12.2 Å². The quantitative estimate of drug-likeness (QED) is 0.849. The summed E-state index contributed by atoms with van der Waals surface area (Å²) in [5, 5.41) is 2.72. The fourth-order valence-corrected chi connectivity index (χ4v) is 1.85. The van der Waals surface area contributed by atoms with Gasteiger partial charge in [0.1, 0.15) is 10.8 Å². The molecule has 0 unspecified atom stereocenters. The van der Waals surface area contributed by atoms with E-state index in [1.54, 1.807) is 36.4 Å². The number of thiocarbonyl (C=S) groups is 1. The summed E-state index contributed by atoms with van der Waals surface area (Å²) in [6.07, 6.45) is 0. The molecule has 0 fully saturated rings. The molecular formula is C15H13FN2OS. The zero-order valence-corrected chi connectivity index (χ0v) is 11.4. The van der Waals surface area contributed by atoms with E-state index in [1.165, 1.54) is 12.1 Å². The van der Waals surface area contributed by atoms with Crippen LogP contribution in [0.25, 0.3) is 0 Å². The Kier molecular flexibility index (Phi) is 4.42. The Bertz CT molecular complexity index is 641. The van der Waals surface area contributed by atoms with Gasteiger partial charge in [-0.3, -0.25) is 4.79 Å². The number of rotatable bonds is 4. The Morgan fingerprint density at radius 1 is 1.15 bits per heavy atom. The topological polar surface area (TPSA) is 55.1 Å². The molecule has 2 aromatic rings. The molecule has 0 spiro atoms. The van der Waals surface area contributed by atoms with Gasteiger partial charge in [0.05, 0.1) is 0 Å². The van der Waals surface area contributed by atoms with E-state index in [0.29, 0.717) is 16.7 Å². The molecule has 0 bridgehead atoms. The number of nitrogens with two attached hydrogens (primary N) is 1. The summed E-state index contributed by atoms with van der Waals surface area (Å²) in [4.78, 5) is 12.2. The van der Waals surface area contributed by atoms with Gasteiger partial charge in [-0.15, -0.1) is 0 Å². The molecule has 20 heavy (non-hydrogen) atoms. The number of halogens is 1. The third kappa shape index (κ3) is 3.61. The van der Waals surface area contributed by atoms with E-state index >= 15 is 0 Å². The van der Waals surface area contributed by atoms with Gasteiger partial charge in [-0.2, -0.15) is 0 Å². The minimum Gasteiger partial charge on any atom is -0.389 e. The minimum absolute atomic E-state index is 0.233. The zero-order valence-electron chi connectivity index (χ0n) is 10.6. The molecule has 3 nitrogen and oxygen atoms in total. The van der Waals surface area contributed by atoms with E-state index in [4.69, 9.17) is 18.0 Å². The molecule has 1 amide bonds. The lowest BCUT2D eigenvalue weighted by Gasteiger charge is -2.06. The van der Waals surface area contributed by atoms with Crippen molar-refractivity contribution in [3.8, 4) is 0 Å². The highest BCUT2D eigenvalue weighted by molar-refractivity contribution is 7.80. The van der Waals surface area contributed by atoms with Crippen molar-refractivity contribution in [2.75, 3.05) is 0 Å². The number of carbonyl (C=O) groups excluding carboxylic acids is 1. The van der Waals surface area contributed by atoms with Crippen LogP contribution in [0.4, 0.5) is 4.39 Å². The first kappa shape index (κ1) is 14.1. The molecule has 0 radical (unpaired) electrons. The van der Waals surface area contributed by atoms with Crippen molar-refractivity contribution in [2.24, 2.45) is 5.73 Å². The Hall–Kier alpha value is -2.27. The van der Waals surface area contributed by atoms with E-state index < -0.39 is 0 Å². The lowest BCUT2D eigenvalue weighted by molar-refractivity contribution is 0.0951. The van der Waals surface area contributed by atoms with Crippen molar-refractivity contribution in [3.63, 3.8) is 0 Å². The van der Waals surface area contributed by atoms with Crippen LogP contribution in [0.2, 0.25) is 0 Å². The summed E-state index contributed by atoms with van der Waals surface area (Å²) in [7, 11) is 0. The maximum atomic E-state index is 13.0. The van der Waals surface area contributed by atoms with Crippen LogP contribution in [0.1, 0.15) is 21.5 Å². The first-order valence-corrected chi connectivity index (χ1v) is 6.39. The van der Waals surface area contributed by atoms with Gasteiger partial charge in [0.2, 0.25) is 0 Å². The fraction of sp³-hybridized carbons (Fsp3) is 0.0667. The summed E-state index contributed by atoms with van der Waals surface area (Å²) in [5.41, 5.74) is 7.40. The number of hydrogen-bond donors (Lipinski definition) is 2. The number of benzene rings is 2. The van der Waals surface area contributed by atoms with Crippen molar-refractivity contribution < 1.29 is 9.18 Å². The van der Waals surface area contributed by atoms with E-state index in [2.05, 4.69) is 5.32 Å². The number of carbonyl (C=O) groups is 1. The SMILES string of the molecule is NC(=S)c1ccc(C(=O)NCc2cccc(F)c2)cc1. The van der Waals surface area contributed by atoms with Crippen LogP contribution in [-0.2, 0) is 6.54 Å². The molecule has 102 valence electrons. The molecule has 2 rings (SSSR count). The predicted molar refractivity (Wildman–Crippen MR) is 79.9 cm³/mol. The molecule has 2 aromatic carbocycles. The average Bonchev–Trinajstić information content (AvgIpc) is 2.45. The molecule has 0 aliphatic heterocycles. The van der Waals surface area contributed by atoms with Gasteiger partial charge in [0, 0.05) is 17.7 Å². The van der Waals surface area contributed by atoms with Crippen LogP contribution in [-0.4, -0.2) is 10.9 Å². The Morgan fingerprint density at radius 2 is 1.80 bits per heavy atom. The lowest BCUT2D eigenvalue weighted by Crippen LogP contribution is -2.23. The number of hydrogen-bond acceptors (Lipinski definition) is 2. The highest BCUT2D eigenvalue weighted by Gasteiger charge is 2.06. The third-order valence-corrected chi connectivity index (χ3v) is 3.01. The second kappa shape index (κ2) is 6.25. The second-order valence-electron chi connectivity index (χ2n) is 4.25. The van der Waals surface area contributed by atoms with Crippen molar-refractivity contribution in [2.45, 2.75) is 6.54 Å². The van der Waals surface area contributed by atoms with Gasteiger partial charge < -0.3 is 11.1 Å². The smallest absolute Gasteiger partial charge is 0.251 e. The molecule has 0 atom stereocenters. The number of nitrogens with one attached hydrogen (secondary N) is 1. The summed E-state index contributed by atoms with van der Waals surface area (Å²) < 4.78 is 13.0. The molecule has 0 aromatic heterocycles. The summed E-state index contributed by atoms with van der Waals surface area (Å²) in [5.74, 6) is -0.554. The molecule has 0 aliphatic rings. The van der Waals surface area contributed by atoms with E-state index in [9.17, 15) is 9.18 Å². The fourth-order valence-electron chi connectivity index (χ4n) is 1.72. The first-order chi connectivity index (χ1) is 9.56. The molecule has 0 aliphatic carbocycles. The Balaban J connectivity index is 1.99. The monoisotopic (exact) mass is 288 g/mol. The van der Waals surface area contributed by atoms with E-state index in [-0.39, 0.29) is 23.3 Å². The summed E-state index contributed by atoms with van der Waals surface area (Å²) >= 11 is 4.84. The van der Waals surface area contributed by atoms with E-state index in [1.807, 2.05) is 0 Å². The van der Waals surface area contributed by atoms with Crippen LogP contribution in [0.3, 0.4) is 0 Å². The van der Waals surface area contributed by atoms with Crippen molar-refractivity contribution in [1.82, 2.24) is 5.32 Å². The van der Waals surface area contributed by atoms with Crippen molar-refractivity contribution in [3.05, 3.63) is 71.0 Å². The number of amides is 1. The largest absolute Gasteiger partial charge is 0.389 e. The standard InChI is InChI=1S/C15H13FN2OS/c16-13-3-1-2-10(8-13)9-18-15(19)12-6-4-11(5-7-12)14(17)20/h1-8H,9H2,(H2,17,20)(H,18,19). The minimum atomic E-state index is -0.322. The molecule has 0 saturated heterocycles. The molecule has 3 N–H and O–H groups in total. The molecule has 0 saturated carbocycles. The van der Waals surface area contributed by atoms with E-state index in [0.717, 1.165) is 0 Å². The van der Waals surface area contributed by atoms with Crippen LogP contribution < -0.4 is 11.1 Å². The summed E-state index contributed by atoms with van der Waals surface area (Å²) in [6, 6.07) is 12.8. The maximum Gasteiger partial charge on any atom is 0.251 e. The van der Waals surface area contributed by atoms with Crippen molar-refractivity contribution >= 4 is 23.1 Å². The van der Waals surface area contributed by atoms with Gasteiger partial charge in [-0.25, -0.2) is 4.39 Å². The van der Waals surface area contributed by atoms with Gasteiger partial charge in [-0.05, 0) is 29.8 Å². The van der Waals surface area contributed by atoms with Crippen molar-refractivity contribution in [1.29, 1.82) is 0 Å². The van der Waals surface area contributed by atoms with Gasteiger partial charge in [0.25, 0.3) is 5.91 Å². The van der Waals surface area contributed by atoms with Crippen LogP contribution in [0.15, 0.2) is 48.5 Å². The van der Waals surface area contributed by atoms with Crippen LogP contribution in [0, 0.1) is 5.82 Å². The third-order valence-electron chi connectivity index (χ3n) is 2.77. The average molecular weight is 288 g/mol. The summed E-state index contributed by atoms with van der Waals surface area (Å²) in [6.45, 7) is 0.271. The molecule has 0 heterocycles. The maximum absolute atomic E-state index is 13.0. The first-order valence-electron chi connectivity index (χ1n) is 5.99. The normalized spacial score (nSPS) is 10.1. The molecule has 5 heteroatoms. The Labute approximate surface area is 121 Å². The highest BCUT2D eigenvalue weighted by atomic mass is 32.1. The van der Waals surface area contributed by atoms with Gasteiger partial charge >= 0.3 is 0 Å². The van der Waals surface area contributed by atoms with Gasteiger partial charge in [-0.1, -0.05) is 36.5 Å². The predicted octanol–water partition coefficient (Wildman–Crippen LogP) is 2.39. The molecular weight excluding hydrogens is 275 g/mol. The highest BCUT2D eigenvalue weighted by Crippen LogP contribution is 2.06. The lowest BCUT2D eigenvalue weighted by atomic mass is 10.1. The zero-order chi connectivity index (χ0) is 14.5. The second-order valence-corrected chi connectivity index (χ2v) is 4.69. The van der Waals surface area contributed by atoms with Crippen LogP contribution in [0.5, 0.6) is 0 Å². The Morgan fingerprint density at radius 3 is 2.40 bits per heavy atom.